The van der Waals surface area contributed by atoms with Crippen molar-refractivity contribution in [1.29, 1.82) is 0 Å². The van der Waals surface area contributed by atoms with Crippen molar-refractivity contribution in [2.24, 2.45) is 0 Å². The van der Waals surface area contributed by atoms with Crippen LogP contribution in [0.15, 0.2) is 18.2 Å². The molecule has 0 radical (unpaired) electrons. The third kappa shape index (κ3) is 1.93. The largest absolute Gasteiger partial charge is 0.414 e. The summed E-state index contributed by atoms with van der Waals surface area (Å²) >= 11 is 0. The van der Waals surface area contributed by atoms with Crippen LogP contribution >= 0.6 is 0 Å². The summed E-state index contributed by atoms with van der Waals surface area (Å²) in [5, 5.41) is 11.8. The van der Waals surface area contributed by atoms with E-state index in [9.17, 15) is 9.90 Å². The molecule has 1 aliphatic rings. The van der Waals surface area contributed by atoms with Crippen LogP contribution in [0.3, 0.4) is 0 Å². The zero-order valence-electron chi connectivity index (χ0n) is 8.19. The summed E-state index contributed by atoms with van der Waals surface area (Å²) in [5.74, 6) is 0.381. The molecule has 1 amide bonds. The highest BCUT2D eigenvalue weighted by molar-refractivity contribution is 5.73. The molecule has 80 valence electrons. The molecule has 5 heteroatoms. The van der Waals surface area contributed by atoms with Crippen LogP contribution in [0.2, 0.25) is 0 Å². The topological polar surface area (TPSA) is 67.8 Å². The molecule has 1 unspecified atom stereocenters. The van der Waals surface area contributed by atoms with E-state index in [1.54, 1.807) is 25.3 Å². The second kappa shape index (κ2) is 3.88. The lowest BCUT2D eigenvalue weighted by Crippen LogP contribution is -2.35. The van der Waals surface area contributed by atoms with E-state index in [0.29, 0.717) is 17.9 Å². The molecule has 2 rings (SSSR count). The van der Waals surface area contributed by atoms with Crippen LogP contribution < -0.4 is 10.1 Å². The lowest BCUT2D eigenvalue weighted by atomic mass is 10.1. The number of rotatable bonds is 2. The number of aliphatic hydroxyl groups is 1. The summed E-state index contributed by atoms with van der Waals surface area (Å²) in [6, 6.07) is 5.17. The van der Waals surface area contributed by atoms with Gasteiger partial charge in [-0.2, -0.15) is 0 Å². The number of fused-ring (bicyclic) bond motifs is 1. The van der Waals surface area contributed by atoms with Crippen LogP contribution in [0, 0.1) is 0 Å². The lowest BCUT2D eigenvalue weighted by Gasteiger charge is -2.22. The summed E-state index contributed by atoms with van der Waals surface area (Å²) < 4.78 is 9.85. The Balaban J connectivity index is 2.34. The molecule has 15 heavy (non-hydrogen) atoms. The molecule has 0 saturated heterocycles. The molecule has 0 aliphatic carbocycles. The Bertz CT molecular complexity index is 391. The molecule has 0 aromatic heterocycles. The van der Waals surface area contributed by atoms with Gasteiger partial charge >= 0.3 is 6.09 Å². The summed E-state index contributed by atoms with van der Waals surface area (Å²) in [4.78, 5) is 10.9. The van der Waals surface area contributed by atoms with Crippen LogP contribution in [0.1, 0.15) is 17.4 Å². The van der Waals surface area contributed by atoms with Gasteiger partial charge in [0.15, 0.2) is 6.23 Å². The van der Waals surface area contributed by atoms with E-state index in [1.165, 1.54) is 0 Å². The van der Waals surface area contributed by atoms with Crippen molar-refractivity contribution < 1.29 is 19.4 Å². The van der Waals surface area contributed by atoms with E-state index in [4.69, 9.17) is 9.47 Å². The van der Waals surface area contributed by atoms with E-state index in [0.717, 1.165) is 5.56 Å². The van der Waals surface area contributed by atoms with Gasteiger partial charge in [0.1, 0.15) is 5.75 Å². The number of methoxy groups -OCH3 is 1. The highest BCUT2D eigenvalue weighted by Crippen LogP contribution is 2.28. The monoisotopic (exact) mass is 209 g/mol. The molecule has 1 atom stereocenters. The number of aliphatic hydroxyl groups excluding tert-OH is 1. The van der Waals surface area contributed by atoms with Crippen LogP contribution in [-0.2, 0) is 11.3 Å². The van der Waals surface area contributed by atoms with E-state index >= 15 is 0 Å². The highest BCUT2D eigenvalue weighted by atomic mass is 16.6. The Morgan fingerprint density at radius 1 is 1.60 bits per heavy atom. The summed E-state index contributed by atoms with van der Waals surface area (Å²) in [6.45, 7) is 0.452. The highest BCUT2D eigenvalue weighted by Gasteiger charge is 2.24. The predicted molar refractivity (Wildman–Crippen MR) is 51.3 cm³/mol. The minimum atomic E-state index is -1.02. The number of carbonyl (C=O) groups excluding carboxylic acids is 1. The molecular formula is C10H11NO4. The van der Waals surface area contributed by atoms with Crippen molar-refractivity contribution in [3.8, 4) is 5.75 Å². The van der Waals surface area contributed by atoms with E-state index in [1.807, 2.05) is 0 Å². The fraction of sp³-hybridized carbons (Fsp3) is 0.300. The van der Waals surface area contributed by atoms with Gasteiger partial charge in [0, 0.05) is 12.7 Å². The number of hydrogen-bond donors (Lipinski definition) is 2. The van der Waals surface area contributed by atoms with Gasteiger partial charge in [0.2, 0.25) is 0 Å². The molecule has 1 aromatic rings. The van der Waals surface area contributed by atoms with E-state index < -0.39 is 12.3 Å². The second-order valence-corrected chi connectivity index (χ2v) is 3.24. The Hall–Kier alpha value is -1.59. The van der Waals surface area contributed by atoms with Gasteiger partial charge in [0.05, 0.1) is 6.61 Å². The first-order chi connectivity index (χ1) is 7.20. The van der Waals surface area contributed by atoms with Crippen LogP contribution in [0.4, 0.5) is 4.79 Å². The zero-order chi connectivity index (χ0) is 10.8. The third-order valence-electron chi connectivity index (χ3n) is 2.14. The Morgan fingerprint density at radius 2 is 2.40 bits per heavy atom. The van der Waals surface area contributed by atoms with Gasteiger partial charge in [-0.1, -0.05) is 6.07 Å². The van der Waals surface area contributed by atoms with Gasteiger partial charge in [-0.05, 0) is 17.7 Å². The summed E-state index contributed by atoms with van der Waals surface area (Å²) in [6.07, 6.45) is -1.66. The van der Waals surface area contributed by atoms with Crippen LogP contribution in [0.5, 0.6) is 5.75 Å². The zero-order valence-corrected chi connectivity index (χ0v) is 8.19. The molecule has 0 saturated carbocycles. The third-order valence-corrected chi connectivity index (χ3v) is 2.14. The molecule has 5 nitrogen and oxygen atoms in total. The normalized spacial score (nSPS) is 19.1. The predicted octanol–water partition coefficient (Wildman–Crippen LogP) is 0.926. The van der Waals surface area contributed by atoms with Crippen molar-refractivity contribution in [1.82, 2.24) is 5.32 Å². The van der Waals surface area contributed by atoms with Crippen LogP contribution in [-0.4, -0.2) is 18.3 Å². The molecule has 0 bridgehead atoms. The van der Waals surface area contributed by atoms with Crippen LogP contribution in [0.25, 0.3) is 0 Å². The van der Waals surface area contributed by atoms with Gasteiger partial charge in [-0.25, -0.2) is 4.79 Å². The maximum absolute atomic E-state index is 10.9. The number of nitrogens with one attached hydrogen (secondary N) is 1. The van der Waals surface area contributed by atoms with Crippen molar-refractivity contribution >= 4 is 6.09 Å². The van der Waals surface area contributed by atoms with Gasteiger partial charge in [-0.15, -0.1) is 0 Å². The Labute approximate surface area is 86.6 Å². The first-order valence-corrected chi connectivity index (χ1v) is 4.49. The fourth-order valence-electron chi connectivity index (χ4n) is 1.48. The molecule has 1 aromatic carbocycles. The van der Waals surface area contributed by atoms with Gasteiger partial charge in [-0.3, -0.25) is 5.32 Å². The molecule has 0 fully saturated rings. The quantitative estimate of drug-likeness (QED) is 0.760. The SMILES string of the molecule is COCc1ccc2c(c1)C(O)NC(=O)O2. The first kappa shape index (κ1) is 9.95. The van der Waals surface area contributed by atoms with Crippen molar-refractivity contribution in [2.45, 2.75) is 12.8 Å². The molecule has 0 spiro atoms. The summed E-state index contributed by atoms with van der Waals surface area (Å²) in [7, 11) is 1.59. The molecule has 1 aliphatic heterocycles. The number of ether oxygens (including phenoxy) is 2. The fourth-order valence-corrected chi connectivity index (χ4v) is 1.48. The average Bonchev–Trinajstić information content (AvgIpc) is 2.19. The molecular weight excluding hydrogens is 198 g/mol. The average molecular weight is 209 g/mol. The maximum Gasteiger partial charge on any atom is 0.414 e. The first-order valence-electron chi connectivity index (χ1n) is 4.49. The van der Waals surface area contributed by atoms with Crippen molar-refractivity contribution in [3.05, 3.63) is 29.3 Å². The Kier molecular flexibility index (Phi) is 2.57. The van der Waals surface area contributed by atoms with Gasteiger partial charge < -0.3 is 14.6 Å². The van der Waals surface area contributed by atoms with Crippen molar-refractivity contribution in [2.75, 3.05) is 7.11 Å². The second-order valence-electron chi connectivity index (χ2n) is 3.24. The lowest BCUT2D eigenvalue weighted by molar-refractivity contribution is 0.108. The number of benzene rings is 1. The summed E-state index contributed by atoms with van der Waals surface area (Å²) in [5.41, 5.74) is 1.46. The number of amides is 1. The smallest absolute Gasteiger partial charge is 0.410 e. The van der Waals surface area contributed by atoms with Crippen molar-refractivity contribution in [3.63, 3.8) is 0 Å². The number of carbonyl (C=O) groups is 1. The molecule has 2 N–H and O–H groups in total. The minimum absolute atomic E-state index is 0.381. The van der Waals surface area contributed by atoms with E-state index in [2.05, 4.69) is 5.32 Å². The minimum Gasteiger partial charge on any atom is -0.410 e. The number of hydrogen-bond acceptors (Lipinski definition) is 4. The van der Waals surface area contributed by atoms with Gasteiger partial charge in [0.25, 0.3) is 0 Å². The standard InChI is InChI=1S/C10H11NO4/c1-14-5-6-2-3-8-7(4-6)9(12)11-10(13)15-8/h2-4,9,12H,5H2,1H3,(H,11,13). The Morgan fingerprint density at radius 3 is 3.13 bits per heavy atom. The van der Waals surface area contributed by atoms with E-state index in [-0.39, 0.29) is 0 Å². The molecule has 1 heterocycles. The maximum atomic E-state index is 10.9.